The Hall–Kier alpha value is -2.03. The fourth-order valence-corrected chi connectivity index (χ4v) is 3.64. The van der Waals surface area contributed by atoms with Crippen LogP contribution < -0.4 is 15.0 Å². The lowest BCUT2D eigenvalue weighted by molar-refractivity contribution is -0.121. The molecular weight excluding hydrogens is 360 g/mol. The highest BCUT2D eigenvalue weighted by atomic mass is 32.2. The van der Waals surface area contributed by atoms with Crippen molar-refractivity contribution in [2.45, 2.75) is 23.1 Å². The van der Waals surface area contributed by atoms with Crippen LogP contribution in [-0.4, -0.2) is 26.7 Å². The molecule has 2 rings (SSSR count). The van der Waals surface area contributed by atoms with Gasteiger partial charge in [-0.05, 0) is 43.3 Å². The van der Waals surface area contributed by atoms with Crippen LogP contribution in [-0.2, 0) is 14.8 Å². The van der Waals surface area contributed by atoms with Crippen LogP contribution in [0.25, 0.3) is 0 Å². The van der Waals surface area contributed by atoms with Crippen molar-refractivity contribution in [3.05, 3.63) is 54.6 Å². The van der Waals surface area contributed by atoms with Crippen molar-refractivity contribution in [1.82, 2.24) is 10.3 Å². The van der Waals surface area contributed by atoms with Crippen molar-refractivity contribution in [3.63, 3.8) is 0 Å². The maximum Gasteiger partial charge on any atom is 0.257 e. The number of thioether (sulfide) groups is 1. The first-order valence-corrected chi connectivity index (χ1v) is 10.2. The summed E-state index contributed by atoms with van der Waals surface area (Å²) in [6.07, 6.45) is 0.200. The number of hydrazine groups is 1. The van der Waals surface area contributed by atoms with Gasteiger partial charge in [0.2, 0.25) is 5.91 Å². The van der Waals surface area contributed by atoms with Gasteiger partial charge in [0.1, 0.15) is 5.75 Å². The lowest BCUT2D eigenvalue weighted by Gasteiger charge is -2.09. The first-order chi connectivity index (χ1) is 12.0. The van der Waals surface area contributed by atoms with Gasteiger partial charge in [0.15, 0.2) is 0 Å². The van der Waals surface area contributed by atoms with Crippen LogP contribution in [0.1, 0.15) is 13.3 Å². The Bertz CT molecular complexity index is 778. The molecule has 0 saturated heterocycles. The largest absolute Gasteiger partial charge is 0.494 e. The molecule has 0 heterocycles. The van der Waals surface area contributed by atoms with E-state index in [4.69, 9.17) is 4.74 Å². The van der Waals surface area contributed by atoms with E-state index in [2.05, 4.69) is 10.3 Å². The number of carbonyl (C=O) groups is 1. The average Bonchev–Trinajstić information content (AvgIpc) is 2.62. The predicted molar refractivity (Wildman–Crippen MR) is 97.9 cm³/mol. The van der Waals surface area contributed by atoms with E-state index in [1.54, 1.807) is 12.1 Å². The van der Waals surface area contributed by atoms with E-state index in [0.29, 0.717) is 18.1 Å². The number of carbonyl (C=O) groups excluding carboxylic acids is 1. The van der Waals surface area contributed by atoms with Crippen LogP contribution in [0.3, 0.4) is 0 Å². The lowest BCUT2D eigenvalue weighted by Crippen LogP contribution is -2.41. The van der Waals surface area contributed by atoms with Crippen molar-refractivity contribution in [2.75, 3.05) is 12.4 Å². The summed E-state index contributed by atoms with van der Waals surface area (Å²) in [6, 6.07) is 15.7. The van der Waals surface area contributed by atoms with Crippen molar-refractivity contribution in [2.24, 2.45) is 0 Å². The first kappa shape index (κ1) is 19.3. The third-order valence-electron chi connectivity index (χ3n) is 3.11. The molecule has 6 nitrogen and oxygen atoms in total. The second-order valence-corrected chi connectivity index (χ2v) is 7.82. The third-order valence-corrected chi connectivity index (χ3v) is 5.39. The summed E-state index contributed by atoms with van der Waals surface area (Å²) in [5.74, 6) is 0.752. The molecule has 0 aliphatic heterocycles. The Morgan fingerprint density at radius 1 is 1.08 bits per heavy atom. The van der Waals surface area contributed by atoms with Crippen molar-refractivity contribution in [1.29, 1.82) is 0 Å². The van der Waals surface area contributed by atoms with Gasteiger partial charge in [0.25, 0.3) is 10.0 Å². The summed E-state index contributed by atoms with van der Waals surface area (Å²) in [6.45, 7) is 2.35. The molecule has 0 bridgehead atoms. The van der Waals surface area contributed by atoms with E-state index < -0.39 is 15.9 Å². The summed E-state index contributed by atoms with van der Waals surface area (Å²) in [5, 5.41) is 0. The smallest absolute Gasteiger partial charge is 0.257 e. The molecule has 134 valence electrons. The van der Waals surface area contributed by atoms with Crippen LogP contribution in [0, 0.1) is 0 Å². The zero-order valence-corrected chi connectivity index (χ0v) is 15.4. The van der Waals surface area contributed by atoms with Gasteiger partial charge in [-0.2, -0.15) is 0 Å². The second kappa shape index (κ2) is 9.45. The number of benzene rings is 2. The van der Waals surface area contributed by atoms with Crippen molar-refractivity contribution in [3.8, 4) is 5.75 Å². The summed E-state index contributed by atoms with van der Waals surface area (Å²) >= 11 is 1.53. The number of sulfonamides is 1. The van der Waals surface area contributed by atoms with Crippen LogP contribution in [0.2, 0.25) is 0 Å². The lowest BCUT2D eigenvalue weighted by atomic mass is 10.3. The summed E-state index contributed by atoms with van der Waals surface area (Å²) in [4.78, 5) is 15.0. The van der Waals surface area contributed by atoms with Crippen LogP contribution >= 0.6 is 11.8 Å². The highest BCUT2D eigenvalue weighted by Gasteiger charge is 2.15. The first-order valence-electron chi connectivity index (χ1n) is 7.72. The van der Waals surface area contributed by atoms with E-state index in [-0.39, 0.29) is 11.3 Å². The van der Waals surface area contributed by atoms with Gasteiger partial charge in [-0.3, -0.25) is 10.2 Å². The Morgan fingerprint density at radius 3 is 2.40 bits per heavy atom. The van der Waals surface area contributed by atoms with E-state index in [1.807, 2.05) is 37.3 Å². The Labute approximate surface area is 152 Å². The molecule has 0 aliphatic rings. The van der Waals surface area contributed by atoms with Crippen molar-refractivity contribution < 1.29 is 17.9 Å². The Balaban J connectivity index is 1.79. The van der Waals surface area contributed by atoms with Gasteiger partial charge in [0.05, 0.1) is 11.5 Å². The minimum atomic E-state index is -3.81. The van der Waals surface area contributed by atoms with Gasteiger partial charge >= 0.3 is 0 Å². The van der Waals surface area contributed by atoms with Crippen molar-refractivity contribution >= 4 is 27.7 Å². The molecule has 0 radical (unpaired) electrons. The quantitative estimate of drug-likeness (QED) is 0.516. The average molecular weight is 380 g/mol. The molecule has 0 saturated carbocycles. The zero-order chi connectivity index (χ0) is 18.1. The standard InChI is InChI=1S/C17H20N2O4S2/c1-2-23-14-8-10-16(11-9-14)25(21,22)19-18-17(20)12-13-24-15-6-4-3-5-7-15/h3-11,19H,2,12-13H2,1H3,(H,18,20). The van der Waals surface area contributed by atoms with Crippen LogP contribution in [0.4, 0.5) is 0 Å². The summed E-state index contributed by atoms with van der Waals surface area (Å²) in [7, 11) is -3.81. The SMILES string of the molecule is CCOc1ccc(S(=O)(=O)NNC(=O)CCSc2ccccc2)cc1. The number of hydrogen-bond acceptors (Lipinski definition) is 5. The molecule has 0 aromatic heterocycles. The summed E-state index contributed by atoms with van der Waals surface area (Å²) in [5.41, 5.74) is 2.23. The molecule has 25 heavy (non-hydrogen) atoms. The molecule has 0 spiro atoms. The van der Waals surface area contributed by atoms with E-state index in [1.165, 1.54) is 23.9 Å². The molecule has 2 N–H and O–H groups in total. The van der Waals surface area contributed by atoms with Crippen LogP contribution in [0.5, 0.6) is 5.75 Å². The number of ether oxygens (including phenoxy) is 1. The highest BCUT2D eigenvalue weighted by Crippen LogP contribution is 2.18. The number of hydrogen-bond donors (Lipinski definition) is 2. The molecule has 1 amide bonds. The fraction of sp³-hybridized carbons (Fsp3) is 0.235. The number of amides is 1. The van der Waals surface area contributed by atoms with Gasteiger partial charge < -0.3 is 4.74 Å². The van der Waals surface area contributed by atoms with Gasteiger partial charge in [0, 0.05) is 17.1 Å². The van der Waals surface area contributed by atoms with Crippen LogP contribution in [0.15, 0.2) is 64.4 Å². The minimum Gasteiger partial charge on any atom is -0.494 e. The normalized spacial score (nSPS) is 11.1. The zero-order valence-electron chi connectivity index (χ0n) is 13.8. The molecule has 2 aromatic rings. The Morgan fingerprint density at radius 2 is 1.76 bits per heavy atom. The molecular formula is C17H20N2O4S2. The molecule has 0 unspecified atom stereocenters. The topological polar surface area (TPSA) is 84.5 Å². The molecule has 8 heteroatoms. The number of nitrogens with one attached hydrogen (secondary N) is 2. The maximum absolute atomic E-state index is 12.1. The molecule has 0 fully saturated rings. The molecule has 2 aromatic carbocycles. The molecule has 0 atom stereocenters. The van der Waals surface area contributed by atoms with Gasteiger partial charge in [-0.1, -0.05) is 18.2 Å². The van der Waals surface area contributed by atoms with E-state index in [0.717, 1.165) is 4.90 Å². The van der Waals surface area contributed by atoms with E-state index in [9.17, 15) is 13.2 Å². The highest BCUT2D eigenvalue weighted by molar-refractivity contribution is 7.99. The second-order valence-electron chi connectivity index (χ2n) is 4.97. The Kier molecular flexibility index (Phi) is 7.30. The van der Waals surface area contributed by atoms with E-state index >= 15 is 0 Å². The molecule has 0 aliphatic carbocycles. The monoisotopic (exact) mass is 380 g/mol. The fourth-order valence-electron chi connectivity index (χ4n) is 1.91. The third kappa shape index (κ3) is 6.41. The van der Waals surface area contributed by atoms with Gasteiger partial charge in [-0.25, -0.2) is 8.42 Å². The predicted octanol–water partition coefficient (Wildman–Crippen LogP) is 2.58. The number of rotatable bonds is 9. The van der Waals surface area contributed by atoms with Gasteiger partial charge in [-0.15, -0.1) is 16.6 Å². The maximum atomic E-state index is 12.1. The summed E-state index contributed by atoms with van der Waals surface area (Å²) < 4.78 is 29.5. The minimum absolute atomic E-state index is 0.0508.